The van der Waals surface area contributed by atoms with Crippen molar-refractivity contribution in [1.82, 2.24) is 4.98 Å². The molecule has 0 saturated carbocycles. The third kappa shape index (κ3) is 3.71. The van der Waals surface area contributed by atoms with Gasteiger partial charge in [0.05, 0.1) is 4.92 Å². The normalized spacial score (nSPS) is 10.5. The van der Waals surface area contributed by atoms with E-state index < -0.39 is 4.92 Å². The number of nitrogens with one attached hydrogen (secondary N) is 1. The van der Waals surface area contributed by atoms with Crippen molar-refractivity contribution < 1.29 is 9.72 Å². The Kier molecular flexibility index (Phi) is 3.99. The highest BCUT2D eigenvalue weighted by atomic mass is 32.1. The van der Waals surface area contributed by atoms with Crippen LogP contribution in [0.3, 0.4) is 0 Å². The minimum Gasteiger partial charge on any atom is -0.298 e. The smallest absolute Gasteiger partial charge is 0.269 e. The van der Waals surface area contributed by atoms with E-state index in [-0.39, 0.29) is 11.6 Å². The molecular formula is C12H9N3O3S. The number of nitro groups is 1. The molecule has 0 aliphatic heterocycles. The van der Waals surface area contributed by atoms with Gasteiger partial charge in [0, 0.05) is 29.8 Å². The minimum atomic E-state index is -0.470. The highest BCUT2D eigenvalue weighted by molar-refractivity contribution is 7.13. The largest absolute Gasteiger partial charge is 0.298 e. The molecular weight excluding hydrogens is 266 g/mol. The number of aromatic nitrogens is 1. The van der Waals surface area contributed by atoms with Gasteiger partial charge in [0.25, 0.3) is 5.69 Å². The predicted octanol–water partition coefficient (Wildman–Crippen LogP) is 2.70. The van der Waals surface area contributed by atoms with Gasteiger partial charge in [-0.25, -0.2) is 4.98 Å². The van der Waals surface area contributed by atoms with Crippen molar-refractivity contribution in [3.05, 3.63) is 57.6 Å². The molecule has 1 aromatic carbocycles. The summed E-state index contributed by atoms with van der Waals surface area (Å²) in [5, 5.41) is 15.4. The first-order valence-corrected chi connectivity index (χ1v) is 6.16. The number of carbonyl (C=O) groups is 1. The van der Waals surface area contributed by atoms with Crippen molar-refractivity contribution in [2.24, 2.45) is 0 Å². The van der Waals surface area contributed by atoms with Crippen molar-refractivity contribution in [2.45, 2.75) is 0 Å². The van der Waals surface area contributed by atoms with Crippen LogP contribution in [0.1, 0.15) is 5.56 Å². The average Bonchev–Trinajstić information content (AvgIpc) is 2.89. The number of hydrogen-bond acceptors (Lipinski definition) is 5. The molecule has 1 amide bonds. The van der Waals surface area contributed by atoms with Crippen LogP contribution in [-0.2, 0) is 4.79 Å². The highest BCUT2D eigenvalue weighted by Crippen LogP contribution is 2.13. The summed E-state index contributed by atoms with van der Waals surface area (Å²) in [6, 6.07) is 5.92. The molecule has 0 aliphatic rings. The van der Waals surface area contributed by atoms with Gasteiger partial charge >= 0.3 is 0 Å². The van der Waals surface area contributed by atoms with Crippen molar-refractivity contribution in [2.75, 3.05) is 5.32 Å². The van der Waals surface area contributed by atoms with Crippen LogP contribution in [0.25, 0.3) is 6.08 Å². The molecule has 0 saturated heterocycles. The lowest BCUT2D eigenvalue weighted by Crippen LogP contribution is -2.06. The van der Waals surface area contributed by atoms with Crippen molar-refractivity contribution in [3.63, 3.8) is 0 Å². The van der Waals surface area contributed by atoms with E-state index in [9.17, 15) is 14.9 Å². The molecule has 0 bridgehead atoms. The maximum atomic E-state index is 11.5. The number of hydrogen-bond donors (Lipinski definition) is 1. The van der Waals surface area contributed by atoms with Crippen molar-refractivity contribution >= 4 is 34.1 Å². The molecule has 2 aromatic rings. The quantitative estimate of drug-likeness (QED) is 0.528. The van der Waals surface area contributed by atoms with Crippen molar-refractivity contribution in [3.8, 4) is 0 Å². The maximum absolute atomic E-state index is 11.5. The Labute approximate surface area is 112 Å². The van der Waals surface area contributed by atoms with Crippen LogP contribution in [0.5, 0.6) is 0 Å². The van der Waals surface area contributed by atoms with Gasteiger partial charge in [-0.2, -0.15) is 0 Å². The Bertz CT molecular complexity index is 606. The first-order valence-electron chi connectivity index (χ1n) is 5.28. The van der Waals surface area contributed by atoms with Gasteiger partial charge in [-0.3, -0.25) is 20.2 Å². The van der Waals surface area contributed by atoms with E-state index in [1.807, 2.05) is 0 Å². The molecule has 0 spiro atoms. The van der Waals surface area contributed by atoms with E-state index in [2.05, 4.69) is 10.3 Å². The molecule has 0 radical (unpaired) electrons. The monoisotopic (exact) mass is 275 g/mol. The number of anilines is 1. The number of carbonyl (C=O) groups excluding carboxylic acids is 1. The number of amides is 1. The summed E-state index contributed by atoms with van der Waals surface area (Å²) in [5.74, 6) is -0.298. The van der Waals surface area contributed by atoms with Crippen LogP contribution in [-0.4, -0.2) is 15.8 Å². The predicted molar refractivity (Wildman–Crippen MR) is 72.9 cm³/mol. The van der Waals surface area contributed by atoms with E-state index in [0.717, 1.165) is 0 Å². The third-order valence-corrected chi connectivity index (χ3v) is 2.88. The second-order valence-electron chi connectivity index (χ2n) is 3.51. The molecule has 0 atom stereocenters. The summed E-state index contributed by atoms with van der Waals surface area (Å²) >= 11 is 1.33. The van der Waals surface area contributed by atoms with Crippen LogP contribution in [0.4, 0.5) is 10.8 Å². The van der Waals surface area contributed by atoms with Gasteiger partial charge in [0.15, 0.2) is 5.13 Å². The van der Waals surface area contributed by atoms with E-state index in [1.165, 1.54) is 29.5 Å². The van der Waals surface area contributed by atoms with Crippen LogP contribution in [0, 0.1) is 10.1 Å². The van der Waals surface area contributed by atoms with Gasteiger partial charge in [0.1, 0.15) is 0 Å². The molecule has 0 unspecified atom stereocenters. The SMILES string of the molecule is O=C(C=Cc1ccc([N+](=O)[O-])cc1)Nc1nccs1. The fourth-order valence-corrected chi connectivity index (χ4v) is 1.84. The number of benzene rings is 1. The van der Waals surface area contributed by atoms with Crippen LogP contribution < -0.4 is 5.32 Å². The Morgan fingerprint density at radius 2 is 2.11 bits per heavy atom. The lowest BCUT2D eigenvalue weighted by Gasteiger charge is -1.96. The number of thiazole rings is 1. The van der Waals surface area contributed by atoms with E-state index in [0.29, 0.717) is 10.7 Å². The van der Waals surface area contributed by atoms with Gasteiger partial charge in [-0.05, 0) is 23.8 Å². The van der Waals surface area contributed by atoms with Gasteiger partial charge in [-0.15, -0.1) is 11.3 Å². The standard InChI is InChI=1S/C12H9N3O3S/c16-11(14-12-13-7-8-19-12)6-3-9-1-4-10(5-2-9)15(17)18/h1-8H,(H,13,14,16). The lowest BCUT2D eigenvalue weighted by molar-refractivity contribution is -0.384. The fraction of sp³-hybridized carbons (Fsp3) is 0. The van der Waals surface area contributed by atoms with E-state index >= 15 is 0 Å². The number of rotatable bonds is 4. The molecule has 96 valence electrons. The average molecular weight is 275 g/mol. The number of nitrogens with zero attached hydrogens (tertiary/aromatic N) is 2. The summed E-state index contributed by atoms with van der Waals surface area (Å²) in [6.07, 6.45) is 4.52. The molecule has 1 aromatic heterocycles. The molecule has 7 heteroatoms. The summed E-state index contributed by atoms with van der Waals surface area (Å²) in [6.45, 7) is 0. The van der Waals surface area contributed by atoms with Crippen molar-refractivity contribution in [1.29, 1.82) is 0 Å². The topological polar surface area (TPSA) is 85.1 Å². The Morgan fingerprint density at radius 1 is 1.37 bits per heavy atom. The molecule has 0 aliphatic carbocycles. The summed E-state index contributed by atoms with van der Waals surface area (Å²) in [7, 11) is 0. The summed E-state index contributed by atoms with van der Waals surface area (Å²) < 4.78 is 0. The zero-order chi connectivity index (χ0) is 13.7. The Hall–Kier alpha value is -2.54. The zero-order valence-corrected chi connectivity index (χ0v) is 10.5. The molecule has 6 nitrogen and oxygen atoms in total. The molecule has 1 heterocycles. The van der Waals surface area contributed by atoms with Crippen LogP contribution in [0.15, 0.2) is 41.9 Å². The van der Waals surface area contributed by atoms with E-state index in [1.54, 1.807) is 29.8 Å². The fourth-order valence-electron chi connectivity index (χ4n) is 1.31. The Morgan fingerprint density at radius 3 is 2.68 bits per heavy atom. The zero-order valence-electron chi connectivity index (χ0n) is 9.65. The first kappa shape index (κ1) is 12.9. The third-order valence-electron chi connectivity index (χ3n) is 2.19. The number of nitro benzene ring substituents is 1. The summed E-state index contributed by atoms with van der Waals surface area (Å²) in [4.78, 5) is 25.4. The van der Waals surface area contributed by atoms with Gasteiger partial charge < -0.3 is 0 Å². The summed E-state index contributed by atoms with van der Waals surface area (Å²) in [5.41, 5.74) is 0.726. The van der Waals surface area contributed by atoms with Gasteiger partial charge in [-0.1, -0.05) is 0 Å². The molecule has 2 rings (SSSR count). The molecule has 19 heavy (non-hydrogen) atoms. The second-order valence-corrected chi connectivity index (χ2v) is 4.40. The Balaban J connectivity index is 1.98. The first-order chi connectivity index (χ1) is 9.15. The maximum Gasteiger partial charge on any atom is 0.269 e. The molecule has 1 N–H and O–H groups in total. The second kappa shape index (κ2) is 5.87. The molecule has 0 fully saturated rings. The van der Waals surface area contributed by atoms with E-state index in [4.69, 9.17) is 0 Å². The van der Waals surface area contributed by atoms with Gasteiger partial charge in [0.2, 0.25) is 5.91 Å². The highest BCUT2D eigenvalue weighted by Gasteiger charge is 2.03. The number of non-ortho nitro benzene ring substituents is 1. The minimum absolute atomic E-state index is 0.0180. The lowest BCUT2D eigenvalue weighted by atomic mass is 10.2. The van der Waals surface area contributed by atoms with Crippen LogP contribution in [0.2, 0.25) is 0 Å². The van der Waals surface area contributed by atoms with Crippen LogP contribution >= 0.6 is 11.3 Å².